The Morgan fingerprint density at radius 2 is 2.00 bits per heavy atom. The number of fused-ring (bicyclic) bond motifs is 1. The van der Waals surface area contributed by atoms with E-state index in [1.165, 1.54) is 11.1 Å². The highest BCUT2D eigenvalue weighted by atomic mass is 19.3. The van der Waals surface area contributed by atoms with E-state index >= 15 is 0 Å². The molecule has 0 amide bonds. The largest absolute Gasteiger partial charge is 0.309 e. The number of hydrogen-bond acceptors (Lipinski definition) is 2. The van der Waals surface area contributed by atoms with Crippen molar-refractivity contribution in [1.82, 2.24) is 10.2 Å². The fraction of sp³-hybridized carbons (Fsp3) is 0.625. The van der Waals surface area contributed by atoms with Crippen LogP contribution < -0.4 is 5.32 Å². The second-order valence-electron chi connectivity index (χ2n) is 6.01. The van der Waals surface area contributed by atoms with Crippen molar-refractivity contribution >= 4 is 0 Å². The monoisotopic (exact) mass is 280 g/mol. The summed E-state index contributed by atoms with van der Waals surface area (Å²) in [6, 6.07) is 9.06. The third kappa shape index (κ3) is 2.72. The summed E-state index contributed by atoms with van der Waals surface area (Å²) in [5, 5.41) is 3.57. The Morgan fingerprint density at radius 3 is 2.65 bits per heavy atom. The number of halogens is 2. The van der Waals surface area contributed by atoms with E-state index in [-0.39, 0.29) is 6.54 Å². The highest BCUT2D eigenvalue weighted by molar-refractivity contribution is 5.27. The summed E-state index contributed by atoms with van der Waals surface area (Å²) in [5.41, 5.74) is 2.64. The number of benzene rings is 1. The van der Waals surface area contributed by atoms with Crippen molar-refractivity contribution in [2.75, 3.05) is 26.2 Å². The molecule has 1 aromatic carbocycles. The lowest BCUT2D eigenvalue weighted by Crippen LogP contribution is -2.31. The zero-order chi connectivity index (χ0) is 14.1. The van der Waals surface area contributed by atoms with Crippen molar-refractivity contribution in [2.24, 2.45) is 11.8 Å². The van der Waals surface area contributed by atoms with Gasteiger partial charge in [-0.1, -0.05) is 31.2 Å². The fourth-order valence-electron chi connectivity index (χ4n) is 3.68. The number of hydrogen-bond donors (Lipinski definition) is 1. The maximum absolute atomic E-state index is 12.5. The van der Waals surface area contributed by atoms with Crippen molar-refractivity contribution in [3.05, 3.63) is 35.4 Å². The molecule has 3 unspecified atom stereocenters. The standard InChI is InChI=1S/C16H22F2N2/c1-2-11-3-5-12(6-4-11)16-14-9-20(10-15(17)18)8-13(14)7-19-16/h3-6,13-16,19H,2,7-10H2,1H3. The zero-order valence-electron chi connectivity index (χ0n) is 11.9. The average Bonchev–Trinajstić information content (AvgIpc) is 2.98. The molecule has 0 spiro atoms. The predicted molar refractivity (Wildman–Crippen MR) is 76.0 cm³/mol. The van der Waals surface area contributed by atoms with Crippen LogP contribution in [-0.2, 0) is 6.42 Å². The van der Waals surface area contributed by atoms with Gasteiger partial charge in [-0.05, 0) is 29.4 Å². The molecule has 110 valence electrons. The molecule has 2 nitrogen and oxygen atoms in total. The van der Waals surface area contributed by atoms with Crippen LogP contribution in [0.5, 0.6) is 0 Å². The van der Waals surface area contributed by atoms with E-state index in [4.69, 9.17) is 0 Å². The van der Waals surface area contributed by atoms with Crippen LogP contribution in [-0.4, -0.2) is 37.5 Å². The van der Waals surface area contributed by atoms with Crippen molar-refractivity contribution in [2.45, 2.75) is 25.8 Å². The summed E-state index contributed by atoms with van der Waals surface area (Å²) in [4.78, 5) is 1.92. The lowest BCUT2D eigenvalue weighted by Gasteiger charge is -2.21. The normalized spacial score (nSPS) is 30.1. The van der Waals surface area contributed by atoms with Gasteiger partial charge in [0.25, 0.3) is 6.43 Å². The first-order valence-corrected chi connectivity index (χ1v) is 7.50. The minimum absolute atomic E-state index is 0.0749. The summed E-state index contributed by atoms with van der Waals surface area (Å²) in [7, 11) is 0. The second-order valence-corrected chi connectivity index (χ2v) is 6.01. The predicted octanol–water partition coefficient (Wildman–Crippen LogP) is 2.71. The molecule has 20 heavy (non-hydrogen) atoms. The van der Waals surface area contributed by atoms with Gasteiger partial charge in [0, 0.05) is 25.7 Å². The smallest absolute Gasteiger partial charge is 0.251 e. The van der Waals surface area contributed by atoms with E-state index in [0.717, 1.165) is 26.1 Å². The lowest BCUT2D eigenvalue weighted by atomic mass is 9.89. The van der Waals surface area contributed by atoms with Crippen molar-refractivity contribution in [3.8, 4) is 0 Å². The molecule has 1 N–H and O–H groups in total. The van der Waals surface area contributed by atoms with Crippen LogP contribution in [0, 0.1) is 11.8 Å². The Morgan fingerprint density at radius 1 is 1.25 bits per heavy atom. The molecule has 1 aromatic rings. The average molecular weight is 280 g/mol. The van der Waals surface area contributed by atoms with E-state index in [1.807, 2.05) is 4.90 Å². The zero-order valence-corrected chi connectivity index (χ0v) is 11.9. The molecule has 2 aliphatic heterocycles. The summed E-state index contributed by atoms with van der Waals surface area (Å²) in [5.74, 6) is 0.992. The van der Waals surface area contributed by atoms with Crippen LogP contribution in [0.2, 0.25) is 0 Å². The number of aryl methyl sites for hydroxylation is 1. The van der Waals surface area contributed by atoms with Gasteiger partial charge in [0.15, 0.2) is 0 Å². The molecule has 3 atom stereocenters. The van der Waals surface area contributed by atoms with Crippen LogP contribution in [0.25, 0.3) is 0 Å². The van der Waals surface area contributed by atoms with Gasteiger partial charge in [-0.3, -0.25) is 4.90 Å². The SMILES string of the molecule is CCc1ccc(C2NCC3CN(CC(F)F)CC32)cc1. The van der Waals surface area contributed by atoms with Crippen LogP contribution >= 0.6 is 0 Å². The Kier molecular flexibility index (Phi) is 4.03. The molecule has 0 radical (unpaired) electrons. The second kappa shape index (κ2) is 5.78. The summed E-state index contributed by atoms with van der Waals surface area (Å²) >= 11 is 0. The molecule has 2 heterocycles. The number of rotatable bonds is 4. The molecule has 2 aliphatic rings. The number of alkyl halides is 2. The maximum Gasteiger partial charge on any atom is 0.251 e. The first kappa shape index (κ1) is 14.0. The van der Waals surface area contributed by atoms with Gasteiger partial charge in [-0.2, -0.15) is 0 Å². The molecule has 0 aromatic heterocycles. The highest BCUT2D eigenvalue weighted by Gasteiger charge is 2.43. The van der Waals surface area contributed by atoms with Crippen LogP contribution in [0.15, 0.2) is 24.3 Å². The topological polar surface area (TPSA) is 15.3 Å². The summed E-state index contributed by atoms with van der Waals surface area (Å²) in [6.45, 7) is 4.63. The highest BCUT2D eigenvalue weighted by Crippen LogP contribution is 2.39. The van der Waals surface area contributed by atoms with Gasteiger partial charge in [0.1, 0.15) is 0 Å². The molecule has 0 aliphatic carbocycles. The third-order valence-corrected chi connectivity index (χ3v) is 4.74. The number of nitrogens with zero attached hydrogens (tertiary/aromatic N) is 1. The van der Waals surface area contributed by atoms with Gasteiger partial charge in [-0.15, -0.1) is 0 Å². The molecule has 0 saturated carbocycles. The van der Waals surface area contributed by atoms with E-state index in [0.29, 0.717) is 17.9 Å². The first-order valence-electron chi connectivity index (χ1n) is 7.50. The van der Waals surface area contributed by atoms with Crippen molar-refractivity contribution < 1.29 is 8.78 Å². The third-order valence-electron chi connectivity index (χ3n) is 4.74. The van der Waals surface area contributed by atoms with Crippen LogP contribution in [0.3, 0.4) is 0 Å². The summed E-state index contributed by atoms with van der Waals surface area (Å²) in [6.07, 6.45) is -1.17. The molecule has 2 saturated heterocycles. The fourth-order valence-corrected chi connectivity index (χ4v) is 3.68. The minimum Gasteiger partial charge on any atom is -0.309 e. The van der Waals surface area contributed by atoms with Crippen LogP contribution in [0.1, 0.15) is 24.1 Å². The first-order chi connectivity index (χ1) is 9.67. The van der Waals surface area contributed by atoms with E-state index in [9.17, 15) is 8.78 Å². The Bertz CT molecular complexity index is 446. The van der Waals surface area contributed by atoms with Crippen LogP contribution in [0.4, 0.5) is 8.78 Å². The lowest BCUT2D eigenvalue weighted by molar-refractivity contribution is 0.0953. The van der Waals surface area contributed by atoms with Gasteiger partial charge in [0.05, 0.1) is 6.54 Å². The van der Waals surface area contributed by atoms with Crippen molar-refractivity contribution in [1.29, 1.82) is 0 Å². The van der Waals surface area contributed by atoms with Gasteiger partial charge >= 0.3 is 0 Å². The Hall–Kier alpha value is -1.00. The van der Waals surface area contributed by atoms with E-state index in [1.54, 1.807) is 0 Å². The molecule has 3 rings (SSSR count). The Balaban J connectivity index is 1.69. The van der Waals surface area contributed by atoms with E-state index < -0.39 is 6.43 Å². The molecular weight excluding hydrogens is 258 g/mol. The maximum atomic E-state index is 12.5. The molecule has 4 heteroatoms. The number of likely N-dealkylation sites (tertiary alicyclic amines) is 1. The summed E-state index contributed by atoms with van der Waals surface area (Å²) < 4.78 is 25.0. The quantitative estimate of drug-likeness (QED) is 0.912. The Labute approximate surface area is 119 Å². The molecule has 2 fully saturated rings. The van der Waals surface area contributed by atoms with Gasteiger partial charge in [0.2, 0.25) is 0 Å². The van der Waals surface area contributed by atoms with Crippen molar-refractivity contribution in [3.63, 3.8) is 0 Å². The van der Waals surface area contributed by atoms with E-state index in [2.05, 4.69) is 36.5 Å². The number of nitrogens with one attached hydrogen (secondary N) is 1. The molecule has 0 bridgehead atoms. The minimum atomic E-state index is -2.22. The molecular formula is C16H22F2N2. The van der Waals surface area contributed by atoms with Gasteiger partial charge < -0.3 is 5.32 Å². The van der Waals surface area contributed by atoms with Gasteiger partial charge in [-0.25, -0.2) is 8.78 Å².